The molecule has 1 atom stereocenters. The van der Waals surface area contributed by atoms with Crippen LogP contribution in [0.2, 0.25) is 0 Å². The number of hydrogen-bond acceptors (Lipinski definition) is 4. The van der Waals surface area contributed by atoms with Crippen LogP contribution in [-0.2, 0) is 14.3 Å². The Labute approximate surface area is 81.7 Å². The van der Waals surface area contributed by atoms with Gasteiger partial charge < -0.3 is 4.74 Å². The number of carbonyl (C=O) groups excluding carboxylic acids is 2. The second-order valence-corrected chi connectivity index (χ2v) is 4.01. The molecule has 0 spiro atoms. The van der Waals surface area contributed by atoms with Gasteiger partial charge in [0.2, 0.25) is 0 Å². The molecule has 0 saturated carbocycles. The highest BCUT2D eigenvalue weighted by atomic mass is 16.6. The zero-order chi connectivity index (χ0) is 10.5. The highest BCUT2D eigenvalue weighted by Crippen LogP contribution is 2.34. The zero-order valence-electron chi connectivity index (χ0n) is 8.33. The fraction of sp³-hybridized carbons (Fsp3) is 0.500. The topological polar surface area (TPSA) is 55.7 Å². The van der Waals surface area contributed by atoms with Crippen LogP contribution in [0.15, 0.2) is 16.1 Å². The normalized spacial score (nSPS) is 29.2. The van der Waals surface area contributed by atoms with Crippen LogP contribution in [0, 0.1) is 0 Å². The lowest BCUT2D eigenvalue weighted by Crippen LogP contribution is -2.27. The van der Waals surface area contributed by atoms with Crippen LogP contribution in [0.25, 0.3) is 0 Å². The summed E-state index contributed by atoms with van der Waals surface area (Å²) in [5, 5.41) is 0. The van der Waals surface area contributed by atoms with E-state index < -0.39 is 17.6 Å². The SMILES string of the molecule is CC1N=CC2=C(C(=O)OC2(C)C)C1=O. The van der Waals surface area contributed by atoms with E-state index in [9.17, 15) is 9.59 Å². The fourth-order valence-corrected chi connectivity index (χ4v) is 1.66. The van der Waals surface area contributed by atoms with Gasteiger partial charge in [-0.1, -0.05) is 0 Å². The molecule has 0 fully saturated rings. The lowest BCUT2D eigenvalue weighted by molar-refractivity contribution is -0.145. The van der Waals surface area contributed by atoms with Crippen molar-refractivity contribution in [2.24, 2.45) is 4.99 Å². The largest absolute Gasteiger partial charge is 0.451 e. The molecule has 2 aliphatic heterocycles. The number of aliphatic imine (C=N–C) groups is 1. The molecule has 1 unspecified atom stereocenters. The van der Waals surface area contributed by atoms with Crippen LogP contribution in [0.4, 0.5) is 0 Å². The van der Waals surface area contributed by atoms with Crippen LogP contribution in [0.1, 0.15) is 20.8 Å². The Morgan fingerprint density at radius 3 is 2.71 bits per heavy atom. The molecular formula is C10H11NO3. The molecule has 0 aromatic rings. The third-order valence-corrected chi connectivity index (χ3v) is 2.52. The maximum absolute atomic E-state index is 11.6. The summed E-state index contributed by atoms with van der Waals surface area (Å²) in [6, 6.07) is -0.463. The maximum Gasteiger partial charge on any atom is 0.343 e. The van der Waals surface area contributed by atoms with Crippen LogP contribution in [0.5, 0.6) is 0 Å². The summed E-state index contributed by atoms with van der Waals surface area (Å²) in [6.45, 7) is 5.17. The van der Waals surface area contributed by atoms with Gasteiger partial charge in [-0.3, -0.25) is 9.79 Å². The molecule has 0 aromatic heterocycles. The summed E-state index contributed by atoms with van der Waals surface area (Å²) >= 11 is 0. The molecule has 2 rings (SSSR count). The van der Waals surface area contributed by atoms with Crippen LogP contribution in [0.3, 0.4) is 0 Å². The van der Waals surface area contributed by atoms with E-state index in [0.29, 0.717) is 5.57 Å². The Hall–Kier alpha value is -1.45. The molecule has 0 saturated heterocycles. The molecule has 0 radical (unpaired) electrons. The van der Waals surface area contributed by atoms with Gasteiger partial charge in [-0.15, -0.1) is 0 Å². The first-order valence-corrected chi connectivity index (χ1v) is 4.49. The number of rotatable bonds is 0. The predicted octanol–water partition coefficient (Wildman–Crippen LogP) is 0.660. The number of esters is 1. The maximum atomic E-state index is 11.6. The molecule has 0 aromatic carbocycles. The van der Waals surface area contributed by atoms with E-state index in [1.165, 1.54) is 0 Å². The van der Waals surface area contributed by atoms with Gasteiger partial charge in [-0.2, -0.15) is 0 Å². The van der Waals surface area contributed by atoms with E-state index >= 15 is 0 Å². The van der Waals surface area contributed by atoms with Crippen LogP contribution in [-0.4, -0.2) is 29.6 Å². The fourth-order valence-electron chi connectivity index (χ4n) is 1.66. The number of nitrogens with zero attached hydrogens (tertiary/aromatic N) is 1. The van der Waals surface area contributed by atoms with Gasteiger partial charge in [0.25, 0.3) is 0 Å². The van der Waals surface area contributed by atoms with Crippen molar-refractivity contribution in [3.8, 4) is 0 Å². The molecule has 2 aliphatic rings. The third kappa shape index (κ3) is 1.03. The lowest BCUT2D eigenvalue weighted by atomic mass is 9.91. The quantitative estimate of drug-likeness (QED) is 0.419. The molecule has 14 heavy (non-hydrogen) atoms. The van der Waals surface area contributed by atoms with Gasteiger partial charge in [0.05, 0.1) is 0 Å². The third-order valence-electron chi connectivity index (χ3n) is 2.52. The van der Waals surface area contributed by atoms with Gasteiger partial charge in [-0.05, 0) is 20.8 Å². The molecular weight excluding hydrogens is 182 g/mol. The highest BCUT2D eigenvalue weighted by molar-refractivity contribution is 6.26. The van der Waals surface area contributed by atoms with Crippen molar-refractivity contribution in [2.45, 2.75) is 32.4 Å². The minimum absolute atomic E-state index is 0.178. The molecule has 0 N–H and O–H groups in total. The lowest BCUT2D eigenvalue weighted by Gasteiger charge is -2.19. The Balaban J connectivity index is 2.57. The highest BCUT2D eigenvalue weighted by Gasteiger charge is 2.45. The number of ether oxygens (including phenoxy) is 1. The van der Waals surface area contributed by atoms with E-state index in [1.54, 1.807) is 27.0 Å². The molecule has 2 heterocycles. The van der Waals surface area contributed by atoms with Crippen molar-refractivity contribution in [3.05, 3.63) is 11.1 Å². The van der Waals surface area contributed by atoms with Gasteiger partial charge in [0, 0.05) is 11.8 Å². The van der Waals surface area contributed by atoms with E-state index in [1.807, 2.05) is 0 Å². The van der Waals surface area contributed by atoms with Crippen molar-refractivity contribution in [2.75, 3.05) is 0 Å². The smallest absolute Gasteiger partial charge is 0.343 e. The first-order chi connectivity index (χ1) is 6.43. The number of ketones is 1. The van der Waals surface area contributed by atoms with E-state index in [4.69, 9.17) is 4.74 Å². The number of dihydropyridines is 1. The van der Waals surface area contributed by atoms with Crippen molar-refractivity contribution in [1.82, 2.24) is 0 Å². The molecule has 4 nitrogen and oxygen atoms in total. The predicted molar refractivity (Wildman–Crippen MR) is 50.2 cm³/mol. The summed E-state index contributed by atoms with van der Waals surface area (Å²) in [5.74, 6) is -0.758. The van der Waals surface area contributed by atoms with E-state index in [2.05, 4.69) is 4.99 Å². The molecule has 0 bridgehead atoms. The number of cyclic esters (lactones) is 1. The minimum atomic E-state index is -0.717. The van der Waals surface area contributed by atoms with Crippen LogP contribution >= 0.6 is 0 Å². The Bertz CT molecular complexity index is 390. The molecule has 0 amide bonds. The summed E-state index contributed by atoms with van der Waals surface area (Å²) in [6.07, 6.45) is 1.58. The second kappa shape index (κ2) is 2.53. The van der Waals surface area contributed by atoms with Gasteiger partial charge in [0.1, 0.15) is 17.2 Å². The first kappa shape index (κ1) is 9.12. The molecule has 0 aliphatic carbocycles. The Morgan fingerprint density at radius 2 is 2.07 bits per heavy atom. The van der Waals surface area contributed by atoms with E-state index in [-0.39, 0.29) is 11.4 Å². The molecule has 74 valence electrons. The number of carbonyl (C=O) groups is 2. The Morgan fingerprint density at radius 1 is 1.43 bits per heavy atom. The van der Waals surface area contributed by atoms with Gasteiger partial charge >= 0.3 is 5.97 Å². The summed E-state index contributed by atoms with van der Waals surface area (Å²) in [7, 11) is 0. The monoisotopic (exact) mass is 193 g/mol. The van der Waals surface area contributed by atoms with E-state index in [0.717, 1.165) is 0 Å². The second-order valence-electron chi connectivity index (χ2n) is 4.01. The van der Waals surface area contributed by atoms with Crippen LogP contribution < -0.4 is 0 Å². The van der Waals surface area contributed by atoms with Gasteiger partial charge in [0.15, 0.2) is 5.78 Å². The number of Topliss-reactive ketones (excluding diaryl/α,β-unsaturated/α-hetero) is 1. The van der Waals surface area contributed by atoms with Crippen molar-refractivity contribution < 1.29 is 14.3 Å². The minimum Gasteiger partial charge on any atom is -0.451 e. The summed E-state index contributed by atoms with van der Waals surface area (Å²) < 4.78 is 5.09. The van der Waals surface area contributed by atoms with Crippen molar-refractivity contribution in [3.63, 3.8) is 0 Å². The van der Waals surface area contributed by atoms with Crippen molar-refractivity contribution in [1.29, 1.82) is 0 Å². The average molecular weight is 193 g/mol. The van der Waals surface area contributed by atoms with Crippen molar-refractivity contribution >= 4 is 18.0 Å². The molecule has 4 heteroatoms. The van der Waals surface area contributed by atoms with Gasteiger partial charge in [-0.25, -0.2) is 4.79 Å². The summed E-state index contributed by atoms with van der Waals surface area (Å²) in [4.78, 5) is 27.1. The number of hydrogen-bond donors (Lipinski definition) is 0. The summed E-state index contributed by atoms with van der Waals surface area (Å²) in [5.41, 5.74) is 0.0641. The zero-order valence-corrected chi connectivity index (χ0v) is 8.33. The standard InChI is InChI=1S/C10H11NO3/c1-5-8(12)7-6(4-11-5)10(2,3)14-9(7)13/h4-5H,1-3H3. The Kier molecular flexibility index (Phi) is 1.65. The first-order valence-electron chi connectivity index (χ1n) is 4.49. The average Bonchev–Trinajstić information content (AvgIpc) is 2.29.